The fraction of sp³-hybridized carbons (Fsp3) is 0.429. The summed E-state index contributed by atoms with van der Waals surface area (Å²) in [5.41, 5.74) is 0.0663. The molecule has 1 rings (SSSR count). The van der Waals surface area contributed by atoms with Crippen molar-refractivity contribution in [2.75, 3.05) is 0 Å². The van der Waals surface area contributed by atoms with Gasteiger partial charge in [0.05, 0.1) is 11.3 Å². The predicted molar refractivity (Wildman–Crippen MR) is 48.3 cm³/mol. The maximum atomic E-state index is 11.1. The number of H-pyrrole nitrogens is 1. The van der Waals surface area contributed by atoms with Crippen molar-refractivity contribution >= 4 is 11.8 Å². The Balaban J connectivity index is 2.87. The third-order valence-electron chi connectivity index (χ3n) is 1.31. The summed E-state index contributed by atoms with van der Waals surface area (Å²) in [5.74, 6) is 0. The Hall–Kier alpha value is -1.35. The fourth-order valence-corrected chi connectivity index (χ4v) is 1.25. The van der Waals surface area contributed by atoms with E-state index in [4.69, 9.17) is 5.26 Å². The van der Waals surface area contributed by atoms with E-state index in [1.807, 2.05) is 6.07 Å². The van der Waals surface area contributed by atoms with Crippen LogP contribution in [-0.4, -0.2) is 20.4 Å². The van der Waals surface area contributed by atoms with Crippen LogP contribution in [0, 0.1) is 18.3 Å². The summed E-state index contributed by atoms with van der Waals surface area (Å²) < 4.78 is 0. The third kappa shape index (κ3) is 2.56. The molecule has 1 aromatic rings. The van der Waals surface area contributed by atoms with Crippen LogP contribution in [0.4, 0.5) is 0 Å². The second kappa shape index (κ2) is 4.05. The molecule has 0 radical (unpaired) electrons. The van der Waals surface area contributed by atoms with Gasteiger partial charge in [-0.25, -0.2) is 0 Å². The molecule has 0 amide bonds. The zero-order chi connectivity index (χ0) is 9.84. The van der Waals surface area contributed by atoms with Gasteiger partial charge in [0.15, 0.2) is 5.16 Å². The molecule has 6 heteroatoms. The van der Waals surface area contributed by atoms with E-state index < -0.39 is 0 Å². The molecule has 0 saturated heterocycles. The zero-order valence-electron chi connectivity index (χ0n) is 7.24. The Bertz CT molecular complexity index is 394. The van der Waals surface area contributed by atoms with E-state index in [0.29, 0.717) is 10.9 Å². The first-order valence-electron chi connectivity index (χ1n) is 3.63. The van der Waals surface area contributed by atoms with Crippen LogP contribution in [0.25, 0.3) is 0 Å². The molecule has 0 spiro atoms. The maximum Gasteiger partial charge on any atom is 0.273 e. The lowest BCUT2D eigenvalue weighted by Crippen LogP contribution is -2.14. The minimum Gasteiger partial charge on any atom is -0.298 e. The molecule has 1 atom stereocenters. The standard InChI is InChI=1S/C7H8N4OS/c1-4(3-8)13-7-9-6(12)5(2)10-11-7/h4H,1-2H3,(H,9,11,12). The third-order valence-corrected chi connectivity index (χ3v) is 2.18. The Labute approximate surface area is 79.2 Å². The van der Waals surface area contributed by atoms with E-state index in [-0.39, 0.29) is 10.8 Å². The molecule has 0 fully saturated rings. The van der Waals surface area contributed by atoms with Crippen LogP contribution in [0.2, 0.25) is 0 Å². The van der Waals surface area contributed by atoms with Gasteiger partial charge >= 0.3 is 0 Å². The van der Waals surface area contributed by atoms with E-state index in [2.05, 4.69) is 15.2 Å². The second-order valence-electron chi connectivity index (χ2n) is 2.43. The van der Waals surface area contributed by atoms with Gasteiger partial charge < -0.3 is 0 Å². The molecule has 1 N–H and O–H groups in total. The van der Waals surface area contributed by atoms with Gasteiger partial charge in [-0.3, -0.25) is 9.78 Å². The molecule has 0 aliphatic heterocycles. The number of rotatable bonds is 2. The summed E-state index contributed by atoms with van der Waals surface area (Å²) in [4.78, 5) is 13.6. The van der Waals surface area contributed by atoms with Gasteiger partial charge in [-0.1, -0.05) is 11.8 Å². The number of nitrogens with one attached hydrogen (secondary N) is 1. The summed E-state index contributed by atoms with van der Waals surface area (Å²) in [6.07, 6.45) is 0. The van der Waals surface area contributed by atoms with Crippen LogP contribution in [0.1, 0.15) is 12.6 Å². The molecule has 1 unspecified atom stereocenters. The highest BCUT2D eigenvalue weighted by molar-refractivity contribution is 7.99. The summed E-state index contributed by atoms with van der Waals surface area (Å²) in [7, 11) is 0. The highest BCUT2D eigenvalue weighted by Gasteiger charge is 2.05. The Morgan fingerprint density at radius 3 is 2.85 bits per heavy atom. The van der Waals surface area contributed by atoms with Crippen molar-refractivity contribution in [2.24, 2.45) is 0 Å². The van der Waals surface area contributed by atoms with Crippen LogP contribution >= 0.6 is 11.8 Å². The Kier molecular flexibility index (Phi) is 3.03. The lowest BCUT2D eigenvalue weighted by Gasteiger charge is -1.99. The van der Waals surface area contributed by atoms with Gasteiger partial charge in [-0.2, -0.15) is 5.26 Å². The largest absolute Gasteiger partial charge is 0.298 e. The van der Waals surface area contributed by atoms with Crippen molar-refractivity contribution in [3.63, 3.8) is 0 Å². The summed E-state index contributed by atoms with van der Waals surface area (Å²) >= 11 is 1.18. The van der Waals surface area contributed by atoms with Crippen molar-refractivity contribution < 1.29 is 0 Å². The van der Waals surface area contributed by atoms with Crippen LogP contribution < -0.4 is 5.56 Å². The molecular weight excluding hydrogens is 188 g/mol. The van der Waals surface area contributed by atoms with Crippen LogP contribution in [0.3, 0.4) is 0 Å². The number of hydrogen-bond donors (Lipinski definition) is 1. The number of aromatic nitrogens is 3. The Morgan fingerprint density at radius 1 is 1.62 bits per heavy atom. The molecule has 0 bridgehead atoms. The monoisotopic (exact) mass is 196 g/mol. The lowest BCUT2D eigenvalue weighted by molar-refractivity contribution is 0.788. The molecule has 68 valence electrons. The van der Waals surface area contributed by atoms with Gasteiger partial charge in [0, 0.05) is 0 Å². The number of aryl methyl sites for hydroxylation is 1. The normalized spacial score (nSPS) is 12.1. The summed E-state index contributed by atoms with van der Waals surface area (Å²) in [6.45, 7) is 3.30. The molecule has 5 nitrogen and oxygen atoms in total. The molecular formula is C7H8N4OS. The van der Waals surface area contributed by atoms with Crippen LogP contribution in [0.5, 0.6) is 0 Å². The molecule has 1 aromatic heterocycles. The first-order chi connectivity index (χ1) is 6.13. The van der Waals surface area contributed by atoms with Crippen LogP contribution in [-0.2, 0) is 0 Å². The average molecular weight is 196 g/mol. The van der Waals surface area contributed by atoms with Crippen molar-refractivity contribution in [3.8, 4) is 6.07 Å². The fourth-order valence-electron chi connectivity index (χ4n) is 0.625. The van der Waals surface area contributed by atoms with Crippen molar-refractivity contribution in [1.82, 2.24) is 15.2 Å². The minimum atomic E-state index is -0.261. The van der Waals surface area contributed by atoms with Gasteiger partial charge in [-0.15, -0.1) is 10.2 Å². The highest BCUT2D eigenvalue weighted by Crippen LogP contribution is 2.15. The molecule has 13 heavy (non-hydrogen) atoms. The van der Waals surface area contributed by atoms with E-state index in [9.17, 15) is 4.79 Å². The highest BCUT2D eigenvalue weighted by atomic mass is 32.2. The lowest BCUT2D eigenvalue weighted by atomic mass is 10.5. The minimum absolute atomic E-state index is 0.243. The first-order valence-corrected chi connectivity index (χ1v) is 4.51. The molecule has 0 aliphatic rings. The first kappa shape index (κ1) is 9.74. The molecule has 1 heterocycles. The van der Waals surface area contributed by atoms with E-state index in [1.165, 1.54) is 11.8 Å². The quantitative estimate of drug-likeness (QED) is 0.695. The van der Waals surface area contributed by atoms with Crippen molar-refractivity contribution in [2.45, 2.75) is 24.3 Å². The number of aromatic amines is 1. The zero-order valence-corrected chi connectivity index (χ0v) is 8.05. The van der Waals surface area contributed by atoms with Gasteiger partial charge in [0.2, 0.25) is 0 Å². The number of nitriles is 1. The van der Waals surface area contributed by atoms with Crippen molar-refractivity contribution in [1.29, 1.82) is 5.26 Å². The molecule has 0 saturated carbocycles. The average Bonchev–Trinajstić information content (AvgIpc) is 2.11. The number of nitrogens with zero attached hydrogens (tertiary/aromatic N) is 3. The molecule has 0 aromatic carbocycles. The van der Waals surface area contributed by atoms with Gasteiger partial charge in [-0.05, 0) is 13.8 Å². The predicted octanol–water partition coefficient (Wildman–Crippen LogP) is 0.477. The van der Waals surface area contributed by atoms with E-state index >= 15 is 0 Å². The van der Waals surface area contributed by atoms with Gasteiger partial charge in [0.25, 0.3) is 5.56 Å². The SMILES string of the molecule is Cc1nnc(SC(C)C#N)[nH]c1=O. The smallest absolute Gasteiger partial charge is 0.273 e. The summed E-state index contributed by atoms with van der Waals surface area (Å²) in [5, 5.41) is 16.0. The van der Waals surface area contributed by atoms with E-state index in [0.717, 1.165) is 0 Å². The van der Waals surface area contributed by atoms with Crippen LogP contribution in [0.15, 0.2) is 9.95 Å². The topological polar surface area (TPSA) is 82.4 Å². The maximum absolute atomic E-state index is 11.1. The second-order valence-corrected chi connectivity index (χ2v) is 3.76. The number of hydrogen-bond acceptors (Lipinski definition) is 5. The molecule has 0 aliphatic carbocycles. The van der Waals surface area contributed by atoms with E-state index in [1.54, 1.807) is 13.8 Å². The Morgan fingerprint density at radius 2 is 2.31 bits per heavy atom. The van der Waals surface area contributed by atoms with Gasteiger partial charge in [0.1, 0.15) is 5.69 Å². The summed E-state index contributed by atoms with van der Waals surface area (Å²) in [6, 6.07) is 2.02. The van der Waals surface area contributed by atoms with Crippen molar-refractivity contribution in [3.05, 3.63) is 16.0 Å². The number of thioether (sulfide) groups is 1.